The van der Waals surface area contributed by atoms with E-state index in [1.165, 1.54) is 5.56 Å². The number of rotatable bonds is 6. The average molecular weight is 375 g/mol. The zero-order valence-corrected chi connectivity index (χ0v) is 16.0. The van der Waals surface area contributed by atoms with Gasteiger partial charge in [0, 0.05) is 17.0 Å². The molecule has 0 bridgehead atoms. The molecule has 0 saturated heterocycles. The Labute approximate surface area is 158 Å². The third kappa shape index (κ3) is 4.13. The number of halogens is 1. The van der Waals surface area contributed by atoms with E-state index in [-0.39, 0.29) is 5.60 Å². The molecule has 1 heterocycles. The molecule has 2 aromatic rings. The maximum Gasteiger partial charge on any atom is 0.306 e. The summed E-state index contributed by atoms with van der Waals surface area (Å²) in [7, 11) is 0. The van der Waals surface area contributed by atoms with E-state index < -0.39 is 11.9 Å². The number of fused-ring (bicyclic) bond motifs is 1. The molecule has 26 heavy (non-hydrogen) atoms. The molecule has 4 nitrogen and oxygen atoms in total. The molecule has 0 aromatic heterocycles. The van der Waals surface area contributed by atoms with Gasteiger partial charge in [-0.1, -0.05) is 42.8 Å². The van der Waals surface area contributed by atoms with Gasteiger partial charge in [0.05, 0.1) is 5.92 Å². The zero-order valence-electron chi connectivity index (χ0n) is 15.2. The number of carbonyl (C=O) groups is 1. The first-order chi connectivity index (χ1) is 12.2. The van der Waals surface area contributed by atoms with Crippen molar-refractivity contribution in [3.8, 4) is 11.5 Å². The maximum atomic E-state index is 11.0. The van der Waals surface area contributed by atoms with Gasteiger partial charge in [-0.05, 0) is 43.5 Å². The van der Waals surface area contributed by atoms with Crippen LogP contribution in [-0.2, 0) is 24.2 Å². The average Bonchev–Trinajstić information content (AvgIpc) is 2.89. The molecule has 3 rings (SSSR count). The number of aliphatic carboxylic acids is 1. The van der Waals surface area contributed by atoms with Gasteiger partial charge in [0.2, 0.25) is 0 Å². The second-order valence-electron chi connectivity index (χ2n) is 7.43. The van der Waals surface area contributed by atoms with Crippen LogP contribution in [0.5, 0.6) is 11.5 Å². The fraction of sp³-hybridized carbons (Fsp3) is 0.381. The number of hydrogen-bond donors (Lipinski definition) is 1. The highest BCUT2D eigenvalue weighted by Crippen LogP contribution is 2.38. The van der Waals surface area contributed by atoms with Gasteiger partial charge in [0.1, 0.15) is 23.7 Å². The van der Waals surface area contributed by atoms with Crippen LogP contribution in [0.2, 0.25) is 5.02 Å². The minimum atomic E-state index is -0.831. The lowest BCUT2D eigenvalue weighted by atomic mass is 10.0. The highest BCUT2D eigenvalue weighted by molar-refractivity contribution is 6.31. The molecule has 1 N–H and O–H groups in total. The molecule has 1 unspecified atom stereocenters. The Hall–Kier alpha value is -2.20. The predicted octanol–water partition coefficient (Wildman–Crippen LogP) is 4.90. The van der Waals surface area contributed by atoms with Gasteiger partial charge >= 0.3 is 5.97 Å². The van der Waals surface area contributed by atoms with Crippen molar-refractivity contribution in [1.29, 1.82) is 0 Å². The van der Waals surface area contributed by atoms with Crippen molar-refractivity contribution in [3.05, 3.63) is 58.1 Å². The number of carboxylic acid groups (broad SMARTS) is 1. The first kappa shape index (κ1) is 18.6. The number of para-hydroxylation sites is 1. The summed E-state index contributed by atoms with van der Waals surface area (Å²) in [6.45, 7) is 6.21. The molecule has 5 heteroatoms. The topological polar surface area (TPSA) is 55.8 Å². The molecule has 0 radical (unpaired) electrons. The minimum Gasteiger partial charge on any atom is -0.489 e. The van der Waals surface area contributed by atoms with E-state index in [9.17, 15) is 4.79 Å². The van der Waals surface area contributed by atoms with E-state index in [1.54, 1.807) is 13.0 Å². The first-order valence-corrected chi connectivity index (χ1v) is 9.07. The van der Waals surface area contributed by atoms with E-state index in [0.29, 0.717) is 23.8 Å². The van der Waals surface area contributed by atoms with Crippen molar-refractivity contribution in [2.45, 2.75) is 45.8 Å². The quantitative estimate of drug-likeness (QED) is 0.781. The fourth-order valence-electron chi connectivity index (χ4n) is 3.15. The Bertz CT molecular complexity index is 829. The van der Waals surface area contributed by atoms with Gasteiger partial charge in [0.25, 0.3) is 0 Å². The predicted molar refractivity (Wildman–Crippen MR) is 101 cm³/mol. The third-order valence-corrected chi connectivity index (χ3v) is 4.89. The van der Waals surface area contributed by atoms with Crippen LogP contribution < -0.4 is 9.47 Å². The molecule has 0 amide bonds. The van der Waals surface area contributed by atoms with Crippen LogP contribution in [0.15, 0.2) is 36.4 Å². The standard InChI is InChI=1S/C21H23ClO4/c1-13(20(23)24)9-14-7-8-17(10-18(14)22)25-12-16-6-4-5-15-11-21(2,3)26-19(15)16/h4-8,10,13H,9,11-12H2,1-3H3,(H,23,24). The van der Waals surface area contributed by atoms with Crippen LogP contribution in [0.4, 0.5) is 0 Å². The van der Waals surface area contributed by atoms with Crippen LogP contribution in [0.25, 0.3) is 0 Å². The van der Waals surface area contributed by atoms with Gasteiger partial charge in [-0.15, -0.1) is 0 Å². The Kier molecular flexibility index (Phi) is 5.15. The van der Waals surface area contributed by atoms with Gasteiger partial charge in [-0.3, -0.25) is 4.79 Å². The number of hydrogen-bond acceptors (Lipinski definition) is 3. The van der Waals surface area contributed by atoms with Crippen molar-refractivity contribution in [1.82, 2.24) is 0 Å². The van der Waals surface area contributed by atoms with Crippen LogP contribution in [-0.4, -0.2) is 16.7 Å². The minimum absolute atomic E-state index is 0.190. The van der Waals surface area contributed by atoms with Gasteiger partial charge in [0.15, 0.2) is 0 Å². The Morgan fingerprint density at radius 2 is 2.08 bits per heavy atom. The summed E-state index contributed by atoms with van der Waals surface area (Å²) in [5.41, 5.74) is 2.82. The van der Waals surface area contributed by atoms with Crippen molar-refractivity contribution in [2.24, 2.45) is 5.92 Å². The molecule has 1 atom stereocenters. The lowest BCUT2D eigenvalue weighted by Gasteiger charge is -2.18. The molecular formula is C21H23ClO4. The van der Waals surface area contributed by atoms with E-state index >= 15 is 0 Å². The van der Waals surface area contributed by atoms with Gasteiger partial charge in [-0.2, -0.15) is 0 Å². The highest BCUT2D eigenvalue weighted by Gasteiger charge is 2.31. The van der Waals surface area contributed by atoms with Crippen LogP contribution in [0.3, 0.4) is 0 Å². The van der Waals surface area contributed by atoms with E-state index in [0.717, 1.165) is 23.3 Å². The van der Waals surface area contributed by atoms with Crippen LogP contribution >= 0.6 is 11.6 Å². The molecule has 0 saturated carbocycles. The highest BCUT2D eigenvalue weighted by atomic mass is 35.5. The fourth-order valence-corrected chi connectivity index (χ4v) is 3.40. The summed E-state index contributed by atoms with van der Waals surface area (Å²) in [6, 6.07) is 11.5. The largest absolute Gasteiger partial charge is 0.489 e. The SMILES string of the molecule is CC(Cc1ccc(OCc2cccc3c2OC(C)(C)C3)cc1Cl)C(=O)O. The van der Waals surface area contributed by atoms with E-state index in [2.05, 4.69) is 19.9 Å². The summed E-state index contributed by atoms with van der Waals surface area (Å²) in [4.78, 5) is 11.0. The van der Waals surface area contributed by atoms with E-state index in [4.69, 9.17) is 26.2 Å². The monoisotopic (exact) mass is 374 g/mol. The molecule has 0 aliphatic carbocycles. The number of ether oxygens (including phenoxy) is 2. The summed E-state index contributed by atoms with van der Waals surface area (Å²) in [5.74, 6) is 0.251. The van der Waals surface area contributed by atoms with Gasteiger partial charge < -0.3 is 14.6 Å². The molecule has 2 aromatic carbocycles. The lowest BCUT2D eigenvalue weighted by Crippen LogP contribution is -2.25. The second-order valence-corrected chi connectivity index (χ2v) is 7.84. The third-order valence-electron chi connectivity index (χ3n) is 4.54. The normalized spacial score (nSPS) is 15.8. The summed E-state index contributed by atoms with van der Waals surface area (Å²) < 4.78 is 12.0. The smallest absolute Gasteiger partial charge is 0.306 e. The van der Waals surface area contributed by atoms with E-state index in [1.807, 2.05) is 24.3 Å². The van der Waals surface area contributed by atoms with Crippen LogP contribution in [0.1, 0.15) is 37.5 Å². The first-order valence-electron chi connectivity index (χ1n) is 8.69. The van der Waals surface area contributed by atoms with Crippen molar-refractivity contribution >= 4 is 17.6 Å². The molecule has 1 aliphatic heterocycles. The molecule has 0 spiro atoms. The van der Waals surface area contributed by atoms with Crippen molar-refractivity contribution in [3.63, 3.8) is 0 Å². The molecular weight excluding hydrogens is 352 g/mol. The summed E-state index contributed by atoms with van der Waals surface area (Å²) in [5, 5.41) is 9.55. The summed E-state index contributed by atoms with van der Waals surface area (Å²) in [6.07, 6.45) is 1.28. The molecule has 1 aliphatic rings. The second kappa shape index (κ2) is 7.20. The van der Waals surface area contributed by atoms with Crippen molar-refractivity contribution < 1.29 is 19.4 Å². The van der Waals surface area contributed by atoms with Gasteiger partial charge in [-0.25, -0.2) is 0 Å². The lowest BCUT2D eigenvalue weighted by molar-refractivity contribution is -0.141. The molecule has 138 valence electrons. The Balaban J connectivity index is 1.69. The Morgan fingerprint density at radius 3 is 2.77 bits per heavy atom. The maximum absolute atomic E-state index is 11.0. The summed E-state index contributed by atoms with van der Waals surface area (Å²) >= 11 is 6.29. The zero-order chi connectivity index (χ0) is 18.9. The number of benzene rings is 2. The van der Waals surface area contributed by atoms with Crippen molar-refractivity contribution in [2.75, 3.05) is 0 Å². The molecule has 0 fully saturated rings. The number of carboxylic acids is 1. The Morgan fingerprint density at radius 1 is 1.31 bits per heavy atom. The van der Waals surface area contributed by atoms with Crippen LogP contribution in [0, 0.1) is 5.92 Å².